The lowest BCUT2D eigenvalue weighted by molar-refractivity contribution is -0.141. The molecular weight excluding hydrogens is 504 g/mol. The van der Waals surface area contributed by atoms with Gasteiger partial charge in [0.05, 0.1) is 0 Å². The zero-order chi connectivity index (χ0) is 27.6. The molecule has 5 heteroatoms. The van der Waals surface area contributed by atoms with Gasteiger partial charge >= 0.3 is 0 Å². The molecule has 200 valence electrons. The van der Waals surface area contributed by atoms with Gasteiger partial charge in [0.25, 0.3) is 0 Å². The lowest BCUT2D eigenvalue weighted by atomic mass is 9.87. The molecule has 0 spiro atoms. The molecule has 0 aliphatic carbocycles. The van der Waals surface area contributed by atoms with Gasteiger partial charge in [0.1, 0.15) is 6.04 Å². The second-order valence-electron chi connectivity index (χ2n) is 10.1. The van der Waals surface area contributed by atoms with Gasteiger partial charge in [-0.05, 0) is 48.2 Å². The fraction of sp³-hybridized carbons (Fsp3) is 0.235. The molecule has 0 aliphatic heterocycles. The van der Waals surface area contributed by atoms with Crippen LogP contribution < -0.4 is 5.32 Å². The van der Waals surface area contributed by atoms with Gasteiger partial charge < -0.3 is 10.2 Å². The van der Waals surface area contributed by atoms with Crippen LogP contribution in [0.25, 0.3) is 0 Å². The van der Waals surface area contributed by atoms with Gasteiger partial charge in [-0.2, -0.15) is 0 Å². The SMILES string of the molecule is CC(C)NC(=O)[C@H](Cc1ccccc1)N(Cc1ccc(Cl)cc1)C(=O)CC(c1ccccc1)c1ccccc1. The molecule has 0 fully saturated rings. The van der Waals surface area contributed by atoms with E-state index in [4.69, 9.17) is 11.6 Å². The number of carbonyl (C=O) groups is 2. The van der Waals surface area contributed by atoms with E-state index in [0.717, 1.165) is 22.3 Å². The highest BCUT2D eigenvalue weighted by atomic mass is 35.5. The average Bonchev–Trinajstić information content (AvgIpc) is 2.95. The van der Waals surface area contributed by atoms with Crippen molar-refractivity contribution in [2.24, 2.45) is 0 Å². The molecule has 0 aromatic heterocycles. The number of hydrogen-bond donors (Lipinski definition) is 1. The standard InChI is InChI=1S/C34H35ClN2O2/c1-25(2)36-34(39)32(22-26-12-6-3-7-13-26)37(24-27-18-20-30(35)21-19-27)33(38)23-31(28-14-8-4-9-15-28)29-16-10-5-11-17-29/h3-21,25,31-32H,22-24H2,1-2H3,(H,36,39)/t32-/m0/s1. The number of carbonyl (C=O) groups excluding carboxylic acids is 2. The van der Waals surface area contributed by atoms with E-state index in [2.05, 4.69) is 29.6 Å². The summed E-state index contributed by atoms with van der Waals surface area (Å²) in [7, 11) is 0. The highest BCUT2D eigenvalue weighted by Crippen LogP contribution is 2.30. The second-order valence-corrected chi connectivity index (χ2v) is 10.5. The number of halogens is 1. The van der Waals surface area contributed by atoms with Crippen LogP contribution in [0.5, 0.6) is 0 Å². The summed E-state index contributed by atoms with van der Waals surface area (Å²) in [6.07, 6.45) is 0.655. The molecule has 0 aliphatic rings. The molecule has 0 saturated carbocycles. The lowest BCUT2D eigenvalue weighted by Crippen LogP contribution is -2.52. The molecule has 0 heterocycles. The summed E-state index contributed by atoms with van der Waals surface area (Å²) in [5.41, 5.74) is 4.04. The first kappa shape index (κ1) is 28.1. The molecule has 0 radical (unpaired) electrons. The van der Waals surface area contributed by atoms with Crippen LogP contribution in [0.3, 0.4) is 0 Å². The average molecular weight is 539 g/mol. The van der Waals surface area contributed by atoms with Crippen molar-refractivity contribution in [3.63, 3.8) is 0 Å². The number of benzene rings is 4. The monoisotopic (exact) mass is 538 g/mol. The Balaban J connectivity index is 1.73. The van der Waals surface area contributed by atoms with Crippen LogP contribution in [-0.2, 0) is 22.6 Å². The lowest BCUT2D eigenvalue weighted by Gasteiger charge is -2.33. The van der Waals surface area contributed by atoms with Crippen molar-refractivity contribution in [2.75, 3.05) is 0 Å². The van der Waals surface area contributed by atoms with Crippen molar-refractivity contribution >= 4 is 23.4 Å². The highest BCUT2D eigenvalue weighted by Gasteiger charge is 2.32. The first-order valence-corrected chi connectivity index (χ1v) is 13.8. The summed E-state index contributed by atoms with van der Waals surface area (Å²) in [4.78, 5) is 29.7. The Kier molecular flexibility index (Phi) is 9.93. The van der Waals surface area contributed by atoms with Crippen LogP contribution in [0.4, 0.5) is 0 Å². The van der Waals surface area contributed by atoms with Crippen molar-refractivity contribution in [3.8, 4) is 0 Å². The molecule has 39 heavy (non-hydrogen) atoms. The van der Waals surface area contributed by atoms with Crippen molar-refractivity contribution in [1.82, 2.24) is 10.2 Å². The molecule has 0 unspecified atom stereocenters. The Hall–Kier alpha value is -3.89. The summed E-state index contributed by atoms with van der Waals surface area (Å²) in [5.74, 6) is -0.382. The molecule has 2 amide bonds. The van der Waals surface area contributed by atoms with E-state index in [9.17, 15) is 9.59 Å². The fourth-order valence-corrected chi connectivity index (χ4v) is 4.94. The van der Waals surface area contributed by atoms with Crippen molar-refractivity contribution in [3.05, 3.63) is 143 Å². The van der Waals surface area contributed by atoms with Crippen molar-refractivity contribution in [2.45, 2.75) is 51.2 Å². The van der Waals surface area contributed by atoms with Crippen LogP contribution in [0.15, 0.2) is 115 Å². The molecule has 4 rings (SSSR count). The van der Waals surface area contributed by atoms with Gasteiger partial charge in [0.2, 0.25) is 11.8 Å². The maximum atomic E-state index is 14.3. The number of nitrogens with one attached hydrogen (secondary N) is 1. The second kappa shape index (κ2) is 13.8. The first-order valence-electron chi connectivity index (χ1n) is 13.4. The summed E-state index contributed by atoms with van der Waals surface area (Å²) in [5, 5.41) is 3.68. The predicted octanol–water partition coefficient (Wildman–Crippen LogP) is 7.03. The van der Waals surface area contributed by atoms with Gasteiger partial charge in [0.15, 0.2) is 0 Å². The van der Waals surface area contributed by atoms with E-state index in [1.807, 2.05) is 105 Å². The number of nitrogens with zero attached hydrogens (tertiary/aromatic N) is 1. The summed E-state index contributed by atoms with van der Waals surface area (Å²) >= 11 is 6.15. The van der Waals surface area contributed by atoms with E-state index >= 15 is 0 Å². The molecular formula is C34H35ClN2O2. The molecule has 0 saturated heterocycles. The van der Waals surface area contributed by atoms with Gasteiger partial charge in [-0.1, -0.05) is 115 Å². The topological polar surface area (TPSA) is 49.4 Å². The van der Waals surface area contributed by atoms with E-state index in [1.165, 1.54) is 0 Å². The molecule has 4 aromatic carbocycles. The molecule has 1 N–H and O–H groups in total. The minimum Gasteiger partial charge on any atom is -0.352 e. The fourth-order valence-electron chi connectivity index (χ4n) is 4.81. The van der Waals surface area contributed by atoms with Crippen molar-refractivity contribution in [1.29, 1.82) is 0 Å². The summed E-state index contributed by atoms with van der Waals surface area (Å²) in [6.45, 7) is 4.17. The van der Waals surface area contributed by atoms with E-state index in [1.54, 1.807) is 4.90 Å². The number of amides is 2. The Morgan fingerprint density at radius 3 is 1.74 bits per heavy atom. The van der Waals surface area contributed by atoms with Crippen LogP contribution in [0, 0.1) is 0 Å². The molecule has 1 atom stereocenters. The van der Waals surface area contributed by atoms with Gasteiger partial charge in [0, 0.05) is 36.4 Å². The maximum absolute atomic E-state index is 14.3. The number of rotatable bonds is 11. The third-order valence-corrected chi connectivity index (χ3v) is 7.00. The van der Waals surface area contributed by atoms with E-state index in [-0.39, 0.29) is 30.2 Å². The first-order chi connectivity index (χ1) is 18.9. The smallest absolute Gasteiger partial charge is 0.243 e. The predicted molar refractivity (Wildman–Crippen MR) is 159 cm³/mol. The van der Waals surface area contributed by atoms with Gasteiger partial charge in [-0.15, -0.1) is 0 Å². The number of hydrogen-bond acceptors (Lipinski definition) is 2. The Bertz CT molecular complexity index is 1290. The minimum absolute atomic E-state index is 0.0513. The zero-order valence-corrected chi connectivity index (χ0v) is 23.2. The zero-order valence-electron chi connectivity index (χ0n) is 22.5. The van der Waals surface area contributed by atoms with Crippen LogP contribution in [0.2, 0.25) is 5.02 Å². The Labute approximate surface area is 236 Å². The van der Waals surface area contributed by atoms with Crippen LogP contribution in [-0.4, -0.2) is 28.8 Å². The van der Waals surface area contributed by atoms with E-state index in [0.29, 0.717) is 18.0 Å². The van der Waals surface area contributed by atoms with Crippen LogP contribution in [0.1, 0.15) is 48.4 Å². The maximum Gasteiger partial charge on any atom is 0.243 e. The third-order valence-electron chi connectivity index (χ3n) is 6.75. The Morgan fingerprint density at radius 2 is 1.23 bits per heavy atom. The molecule has 4 aromatic rings. The molecule has 0 bridgehead atoms. The largest absolute Gasteiger partial charge is 0.352 e. The summed E-state index contributed by atoms with van der Waals surface area (Å²) in [6, 6.07) is 36.8. The third kappa shape index (κ3) is 8.05. The van der Waals surface area contributed by atoms with Gasteiger partial charge in [-0.25, -0.2) is 0 Å². The summed E-state index contributed by atoms with van der Waals surface area (Å²) < 4.78 is 0. The highest BCUT2D eigenvalue weighted by molar-refractivity contribution is 6.30. The Morgan fingerprint density at radius 1 is 0.718 bits per heavy atom. The van der Waals surface area contributed by atoms with E-state index < -0.39 is 6.04 Å². The normalized spacial score (nSPS) is 11.8. The van der Waals surface area contributed by atoms with Crippen LogP contribution >= 0.6 is 11.6 Å². The van der Waals surface area contributed by atoms with Gasteiger partial charge in [-0.3, -0.25) is 9.59 Å². The van der Waals surface area contributed by atoms with Crippen molar-refractivity contribution < 1.29 is 9.59 Å². The quantitative estimate of drug-likeness (QED) is 0.223. The minimum atomic E-state index is -0.676. The molecule has 4 nitrogen and oxygen atoms in total.